The molecule has 0 atom stereocenters. The van der Waals surface area contributed by atoms with Crippen molar-refractivity contribution in [3.8, 4) is 5.75 Å². The maximum absolute atomic E-state index is 11.4. The van der Waals surface area contributed by atoms with Gasteiger partial charge in [0.2, 0.25) is 10.0 Å². The Labute approximate surface area is 133 Å². The molecule has 7 nitrogen and oxygen atoms in total. The van der Waals surface area contributed by atoms with Crippen LogP contribution in [-0.2, 0) is 10.0 Å². The SMILES string of the molecule is CCS(=O)(=O)Nc1ccc(Nc2cc(Cl)ccc2OC)nn1. The summed E-state index contributed by atoms with van der Waals surface area (Å²) in [6.07, 6.45) is 0. The van der Waals surface area contributed by atoms with E-state index in [4.69, 9.17) is 16.3 Å². The van der Waals surface area contributed by atoms with Crippen LogP contribution in [0.3, 0.4) is 0 Å². The zero-order chi connectivity index (χ0) is 16.2. The fourth-order valence-electron chi connectivity index (χ4n) is 1.60. The third-order valence-electron chi connectivity index (χ3n) is 2.73. The molecule has 1 aromatic carbocycles. The number of hydrogen-bond acceptors (Lipinski definition) is 6. The summed E-state index contributed by atoms with van der Waals surface area (Å²) in [5.74, 6) is 1.15. The van der Waals surface area contributed by atoms with Crippen molar-refractivity contribution in [1.29, 1.82) is 0 Å². The van der Waals surface area contributed by atoms with Gasteiger partial charge < -0.3 is 10.1 Å². The number of hydrogen-bond donors (Lipinski definition) is 2. The van der Waals surface area contributed by atoms with Crippen molar-refractivity contribution in [1.82, 2.24) is 10.2 Å². The number of sulfonamides is 1. The van der Waals surface area contributed by atoms with Crippen LogP contribution in [0.4, 0.5) is 17.3 Å². The first kappa shape index (κ1) is 16.3. The highest BCUT2D eigenvalue weighted by atomic mass is 35.5. The molecule has 0 spiro atoms. The fourth-order valence-corrected chi connectivity index (χ4v) is 2.34. The molecule has 2 aromatic rings. The van der Waals surface area contributed by atoms with Gasteiger partial charge in [-0.15, -0.1) is 10.2 Å². The quantitative estimate of drug-likeness (QED) is 0.838. The third kappa shape index (κ3) is 4.22. The summed E-state index contributed by atoms with van der Waals surface area (Å²) in [6, 6.07) is 8.23. The van der Waals surface area contributed by atoms with Crippen LogP contribution in [0.2, 0.25) is 5.02 Å². The van der Waals surface area contributed by atoms with Crippen molar-refractivity contribution in [2.24, 2.45) is 0 Å². The number of nitrogens with zero attached hydrogens (tertiary/aromatic N) is 2. The van der Waals surface area contributed by atoms with E-state index in [-0.39, 0.29) is 11.6 Å². The summed E-state index contributed by atoms with van der Waals surface area (Å²) in [5.41, 5.74) is 0.631. The molecule has 0 radical (unpaired) electrons. The van der Waals surface area contributed by atoms with Gasteiger partial charge in [-0.05, 0) is 37.3 Å². The van der Waals surface area contributed by atoms with Crippen LogP contribution in [0.5, 0.6) is 5.75 Å². The van der Waals surface area contributed by atoms with Crippen LogP contribution < -0.4 is 14.8 Å². The lowest BCUT2D eigenvalue weighted by molar-refractivity contribution is 0.417. The molecular formula is C13H15ClN4O3S. The molecule has 1 aromatic heterocycles. The van der Waals surface area contributed by atoms with Gasteiger partial charge >= 0.3 is 0 Å². The maximum Gasteiger partial charge on any atom is 0.233 e. The highest BCUT2D eigenvalue weighted by Crippen LogP contribution is 2.29. The second-order valence-corrected chi connectivity index (χ2v) is 6.73. The maximum atomic E-state index is 11.4. The molecule has 2 rings (SSSR count). The summed E-state index contributed by atoms with van der Waals surface area (Å²) in [5, 5.41) is 11.3. The zero-order valence-corrected chi connectivity index (χ0v) is 13.6. The van der Waals surface area contributed by atoms with Crippen LogP contribution >= 0.6 is 11.6 Å². The van der Waals surface area contributed by atoms with Gasteiger partial charge in [0.05, 0.1) is 18.6 Å². The van der Waals surface area contributed by atoms with Crippen LogP contribution in [-0.4, -0.2) is 31.5 Å². The minimum absolute atomic E-state index is 0.0333. The summed E-state index contributed by atoms with van der Waals surface area (Å²) < 4.78 is 30.4. The lowest BCUT2D eigenvalue weighted by Gasteiger charge is -2.11. The molecule has 22 heavy (non-hydrogen) atoms. The first-order valence-electron chi connectivity index (χ1n) is 6.38. The number of benzene rings is 1. The van der Waals surface area contributed by atoms with Crippen LogP contribution in [0.1, 0.15) is 6.92 Å². The molecule has 0 saturated heterocycles. The van der Waals surface area contributed by atoms with Gasteiger partial charge in [0.25, 0.3) is 0 Å². The Morgan fingerprint density at radius 3 is 2.45 bits per heavy atom. The standard InChI is InChI=1S/C13H15ClN4O3S/c1-3-22(19,20)18-13-7-6-12(16-17-13)15-10-8-9(14)4-5-11(10)21-2/h4-8H,3H2,1-2H3,(H,15,16)(H,17,18). The highest BCUT2D eigenvalue weighted by molar-refractivity contribution is 7.92. The van der Waals surface area contributed by atoms with Crippen molar-refractivity contribution in [2.45, 2.75) is 6.92 Å². The first-order valence-corrected chi connectivity index (χ1v) is 8.41. The third-order valence-corrected chi connectivity index (χ3v) is 4.24. The smallest absolute Gasteiger partial charge is 0.233 e. The Morgan fingerprint density at radius 1 is 1.18 bits per heavy atom. The topological polar surface area (TPSA) is 93.2 Å². The number of rotatable bonds is 6. The minimum Gasteiger partial charge on any atom is -0.495 e. The van der Waals surface area contributed by atoms with Gasteiger partial charge in [-0.25, -0.2) is 8.42 Å². The van der Waals surface area contributed by atoms with Crippen molar-refractivity contribution in [3.05, 3.63) is 35.4 Å². The number of methoxy groups -OCH3 is 1. The normalized spacial score (nSPS) is 11.0. The van der Waals surface area contributed by atoms with E-state index in [0.29, 0.717) is 22.3 Å². The van der Waals surface area contributed by atoms with E-state index in [0.717, 1.165) is 0 Å². The molecule has 0 aliphatic carbocycles. The number of aromatic nitrogens is 2. The molecule has 118 valence electrons. The molecule has 0 aliphatic heterocycles. The first-order chi connectivity index (χ1) is 10.4. The highest BCUT2D eigenvalue weighted by Gasteiger charge is 2.09. The monoisotopic (exact) mass is 342 g/mol. The van der Waals surface area contributed by atoms with Gasteiger partial charge in [0, 0.05) is 5.02 Å². The molecule has 0 amide bonds. The molecule has 2 N–H and O–H groups in total. The van der Waals surface area contributed by atoms with Crippen LogP contribution in [0.15, 0.2) is 30.3 Å². The molecular weight excluding hydrogens is 328 g/mol. The van der Waals surface area contributed by atoms with E-state index in [1.54, 1.807) is 31.4 Å². The summed E-state index contributed by atoms with van der Waals surface area (Å²) >= 11 is 5.95. The molecule has 1 heterocycles. The Balaban J connectivity index is 2.17. The lowest BCUT2D eigenvalue weighted by Crippen LogP contribution is -2.15. The molecule has 0 fully saturated rings. The lowest BCUT2D eigenvalue weighted by atomic mass is 10.3. The van der Waals surface area contributed by atoms with E-state index >= 15 is 0 Å². The molecule has 9 heteroatoms. The predicted octanol–water partition coefficient (Wildman–Crippen LogP) is 2.64. The Hall–Kier alpha value is -2.06. The van der Waals surface area contributed by atoms with E-state index in [9.17, 15) is 8.42 Å². The number of nitrogens with one attached hydrogen (secondary N) is 2. The van der Waals surface area contributed by atoms with Crippen molar-refractivity contribution >= 4 is 38.9 Å². The predicted molar refractivity (Wildman–Crippen MR) is 86.4 cm³/mol. The van der Waals surface area contributed by atoms with Crippen LogP contribution in [0, 0.1) is 0 Å². The Morgan fingerprint density at radius 2 is 1.86 bits per heavy atom. The average Bonchev–Trinajstić information content (AvgIpc) is 2.49. The molecule has 0 aliphatic rings. The average molecular weight is 343 g/mol. The number of anilines is 3. The largest absolute Gasteiger partial charge is 0.495 e. The number of halogens is 1. The van der Waals surface area contributed by atoms with E-state index in [1.165, 1.54) is 13.0 Å². The second-order valence-electron chi connectivity index (χ2n) is 4.28. The molecule has 0 saturated carbocycles. The fraction of sp³-hybridized carbons (Fsp3) is 0.231. The summed E-state index contributed by atoms with van der Waals surface area (Å²) in [4.78, 5) is 0. The van der Waals surface area contributed by atoms with E-state index in [1.807, 2.05) is 0 Å². The van der Waals surface area contributed by atoms with Gasteiger partial charge in [-0.1, -0.05) is 11.6 Å². The van der Waals surface area contributed by atoms with Crippen LogP contribution in [0.25, 0.3) is 0 Å². The second kappa shape index (κ2) is 6.80. The van der Waals surface area contributed by atoms with Crippen molar-refractivity contribution in [3.63, 3.8) is 0 Å². The molecule has 0 unspecified atom stereocenters. The number of ether oxygens (including phenoxy) is 1. The van der Waals surface area contributed by atoms with Gasteiger partial charge in [-0.2, -0.15) is 0 Å². The summed E-state index contributed by atoms with van der Waals surface area (Å²) in [7, 11) is -1.83. The van der Waals surface area contributed by atoms with Gasteiger partial charge in [-0.3, -0.25) is 4.72 Å². The Kier molecular flexibility index (Phi) is 5.04. The van der Waals surface area contributed by atoms with Gasteiger partial charge in [0.1, 0.15) is 5.75 Å². The van der Waals surface area contributed by atoms with Crippen molar-refractivity contribution in [2.75, 3.05) is 22.9 Å². The van der Waals surface area contributed by atoms with Crippen molar-refractivity contribution < 1.29 is 13.2 Å². The Bertz CT molecular complexity index is 750. The van der Waals surface area contributed by atoms with E-state index < -0.39 is 10.0 Å². The van der Waals surface area contributed by atoms with Gasteiger partial charge in [0.15, 0.2) is 11.6 Å². The minimum atomic E-state index is -3.37. The molecule has 0 bridgehead atoms. The zero-order valence-electron chi connectivity index (χ0n) is 12.0. The van der Waals surface area contributed by atoms with E-state index in [2.05, 4.69) is 20.2 Å². The summed E-state index contributed by atoms with van der Waals surface area (Å²) in [6.45, 7) is 1.54.